The Hall–Kier alpha value is -2.43. The van der Waals surface area contributed by atoms with Gasteiger partial charge in [0.05, 0.1) is 12.8 Å². The van der Waals surface area contributed by atoms with Crippen LogP contribution < -0.4 is 5.32 Å². The number of anilines is 2. The maximum absolute atomic E-state index is 13.5. The molecule has 0 aliphatic carbocycles. The average molecular weight is 246 g/mol. The van der Waals surface area contributed by atoms with E-state index in [2.05, 4.69) is 15.0 Å². The van der Waals surface area contributed by atoms with Gasteiger partial charge in [0.15, 0.2) is 0 Å². The van der Waals surface area contributed by atoms with Crippen LogP contribution in [-0.2, 0) is 4.74 Å². The molecule has 4 nitrogen and oxygen atoms in total. The number of hydrogen-bond donors (Lipinski definition) is 1. The fourth-order valence-corrected chi connectivity index (χ4v) is 1.47. The summed E-state index contributed by atoms with van der Waals surface area (Å²) in [6, 6.07) is 9.32. The van der Waals surface area contributed by atoms with Gasteiger partial charge >= 0.3 is 5.97 Å². The lowest BCUT2D eigenvalue weighted by molar-refractivity contribution is 0.0601. The zero-order chi connectivity index (χ0) is 13.0. The Kier molecular flexibility index (Phi) is 3.52. The van der Waals surface area contributed by atoms with Crippen LogP contribution in [0.3, 0.4) is 0 Å². The molecule has 1 heterocycles. The first-order valence-corrected chi connectivity index (χ1v) is 5.27. The van der Waals surface area contributed by atoms with Gasteiger partial charge in [0.2, 0.25) is 0 Å². The molecule has 0 saturated heterocycles. The Bertz CT molecular complexity index is 572. The Morgan fingerprint density at radius 3 is 2.78 bits per heavy atom. The van der Waals surface area contributed by atoms with Crippen molar-refractivity contribution in [1.29, 1.82) is 0 Å². The normalized spacial score (nSPS) is 9.89. The largest absolute Gasteiger partial charge is 0.465 e. The Balaban J connectivity index is 2.35. The summed E-state index contributed by atoms with van der Waals surface area (Å²) in [4.78, 5) is 15.5. The number of nitrogens with one attached hydrogen (secondary N) is 1. The van der Waals surface area contributed by atoms with Crippen molar-refractivity contribution in [3.63, 3.8) is 0 Å². The zero-order valence-corrected chi connectivity index (χ0v) is 9.68. The highest BCUT2D eigenvalue weighted by atomic mass is 19.1. The number of pyridine rings is 1. The van der Waals surface area contributed by atoms with Crippen molar-refractivity contribution in [2.24, 2.45) is 0 Å². The van der Waals surface area contributed by atoms with Gasteiger partial charge in [-0.3, -0.25) is 0 Å². The molecule has 1 aromatic carbocycles. The topological polar surface area (TPSA) is 51.2 Å². The minimum Gasteiger partial charge on any atom is -0.465 e. The molecule has 2 rings (SSSR count). The zero-order valence-electron chi connectivity index (χ0n) is 9.68. The summed E-state index contributed by atoms with van der Waals surface area (Å²) < 4.78 is 18.1. The van der Waals surface area contributed by atoms with E-state index in [9.17, 15) is 9.18 Å². The molecule has 0 atom stereocenters. The maximum Gasteiger partial charge on any atom is 0.341 e. The molecule has 2 aromatic rings. The van der Waals surface area contributed by atoms with Crippen LogP contribution in [0.2, 0.25) is 0 Å². The summed E-state index contributed by atoms with van der Waals surface area (Å²) in [6.07, 6.45) is 1.51. The number of methoxy groups -OCH3 is 1. The smallest absolute Gasteiger partial charge is 0.341 e. The predicted octanol–water partition coefficient (Wildman–Crippen LogP) is 2.75. The number of carbonyl (C=O) groups is 1. The fourth-order valence-electron chi connectivity index (χ4n) is 1.47. The lowest BCUT2D eigenvalue weighted by Gasteiger charge is -2.09. The minimum absolute atomic E-state index is 0.251. The van der Waals surface area contributed by atoms with Crippen LogP contribution in [0.5, 0.6) is 0 Å². The van der Waals surface area contributed by atoms with Crippen molar-refractivity contribution < 1.29 is 13.9 Å². The van der Waals surface area contributed by atoms with Crippen molar-refractivity contribution in [3.05, 3.63) is 54.0 Å². The number of esters is 1. The van der Waals surface area contributed by atoms with Crippen LogP contribution in [-0.4, -0.2) is 18.1 Å². The first-order valence-electron chi connectivity index (χ1n) is 5.27. The number of hydrogen-bond acceptors (Lipinski definition) is 4. The molecule has 5 heteroatoms. The minimum atomic E-state index is -0.526. The van der Waals surface area contributed by atoms with E-state index in [4.69, 9.17) is 0 Å². The van der Waals surface area contributed by atoms with Crippen LogP contribution in [0.4, 0.5) is 15.9 Å². The Morgan fingerprint density at radius 2 is 2.06 bits per heavy atom. The van der Waals surface area contributed by atoms with Crippen LogP contribution >= 0.6 is 0 Å². The highest BCUT2D eigenvalue weighted by Gasteiger charge is 2.13. The molecule has 1 aromatic heterocycles. The van der Waals surface area contributed by atoms with E-state index in [1.54, 1.807) is 30.3 Å². The molecule has 0 amide bonds. The van der Waals surface area contributed by atoms with E-state index in [1.165, 1.54) is 19.4 Å². The van der Waals surface area contributed by atoms with Crippen LogP contribution in [0.25, 0.3) is 0 Å². The summed E-state index contributed by atoms with van der Waals surface area (Å²) in [5, 5.41) is 2.77. The van der Waals surface area contributed by atoms with Gasteiger partial charge in [-0.15, -0.1) is 0 Å². The van der Waals surface area contributed by atoms with E-state index in [0.29, 0.717) is 0 Å². The Morgan fingerprint density at radius 1 is 1.28 bits per heavy atom. The number of nitrogens with zero attached hydrogens (tertiary/aromatic N) is 1. The second-order valence-electron chi connectivity index (χ2n) is 3.50. The molecule has 0 spiro atoms. The van der Waals surface area contributed by atoms with Gasteiger partial charge < -0.3 is 10.1 Å². The predicted molar refractivity (Wildman–Crippen MR) is 65.3 cm³/mol. The highest BCUT2D eigenvalue weighted by Crippen LogP contribution is 2.21. The lowest BCUT2D eigenvalue weighted by Crippen LogP contribution is -2.07. The van der Waals surface area contributed by atoms with Crippen LogP contribution in [0, 0.1) is 5.82 Å². The molecule has 0 aliphatic rings. The SMILES string of the molecule is COC(=O)c1cccnc1Nc1ccccc1F. The number of halogens is 1. The molecule has 0 fully saturated rings. The molecular weight excluding hydrogens is 235 g/mol. The summed E-state index contributed by atoms with van der Waals surface area (Å²) in [5.74, 6) is -0.685. The monoisotopic (exact) mass is 246 g/mol. The molecule has 0 aliphatic heterocycles. The van der Waals surface area contributed by atoms with Crippen LogP contribution in [0.15, 0.2) is 42.6 Å². The van der Waals surface area contributed by atoms with Crippen molar-refractivity contribution >= 4 is 17.5 Å². The van der Waals surface area contributed by atoms with Gasteiger partial charge in [0, 0.05) is 6.20 Å². The second-order valence-corrected chi connectivity index (χ2v) is 3.50. The van der Waals surface area contributed by atoms with Crippen molar-refractivity contribution in [3.8, 4) is 0 Å². The van der Waals surface area contributed by atoms with Gasteiger partial charge in [-0.05, 0) is 24.3 Å². The van der Waals surface area contributed by atoms with E-state index < -0.39 is 11.8 Å². The number of aromatic nitrogens is 1. The molecule has 0 unspecified atom stereocenters. The van der Waals surface area contributed by atoms with Crippen LogP contribution in [0.1, 0.15) is 10.4 Å². The van der Waals surface area contributed by atoms with Gasteiger partial charge in [-0.25, -0.2) is 14.2 Å². The lowest BCUT2D eigenvalue weighted by atomic mass is 10.2. The number of carbonyl (C=O) groups excluding carboxylic acids is 1. The van der Waals surface area contributed by atoms with E-state index >= 15 is 0 Å². The molecule has 18 heavy (non-hydrogen) atoms. The molecule has 0 bridgehead atoms. The fraction of sp³-hybridized carbons (Fsp3) is 0.0769. The molecule has 0 radical (unpaired) electrons. The average Bonchev–Trinajstić information content (AvgIpc) is 2.41. The number of benzene rings is 1. The number of ether oxygens (including phenoxy) is 1. The van der Waals surface area contributed by atoms with Gasteiger partial charge in [-0.2, -0.15) is 0 Å². The van der Waals surface area contributed by atoms with E-state index in [0.717, 1.165) is 0 Å². The summed E-state index contributed by atoms with van der Waals surface area (Å²) >= 11 is 0. The second kappa shape index (κ2) is 5.27. The first-order chi connectivity index (χ1) is 8.72. The van der Waals surface area contributed by atoms with Gasteiger partial charge in [0.1, 0.15) is 17.2 Å². The molecule has 92 valence electrons. The molecule has 0 saturated carbocycles. The summed E-state index contributed by atoms with van der Waals surface area (Å²) in [7, 11) is 1.28. The standard InChI is InChI=1S/C13H11FN2O2/c1-18-13(17)9-5-4-8-15-12(9)16-11-7-3-2-6-10(11)14/h2-8H,1H3,(H,15,16). The first kappa shape index (κ1) is 12.0. The quantitative estimate of drug-likeness (QED) is 0.846. The van der Waals surface area contributed by atoms with Crippen molar-refractivity contribution in [2.75, 3.05) is 12.4 Å². The van der Waals surface area contributed by atoms with Gasteiger partial charge in [-0.1, -0.05) is 12.1 Å². The summed E-state index contributed by atoms with van der Waals surface area (Å²) in [5.41, 5.74) is 0.504. The highest BCUT2D eigenvalue weighted by molar-refractivity contribution is 5.95. The van der Waals surface area contributed by atoms with Crippen molar-refractivity contribution in [2.45, 2.75) is 0 Å². The third-order valence-electron chi connectivity index (χ3n) is 2.34. The Labute approximate surface area is 103 Å². The molecular formula is C13H11FN2O2. The van der Waals surface area contributed by atoms with Gasteiger partial charge in [0.25, 0.3) is 0 Å². The number of para-hydroxylation sites is 1. The molecule has 1 N–H and O–H groups in total. The maximum atomic E-state index is 13.5. The third-order valence-corrected chi connectivity index (χ3v) is 2.34. The van der Waals surface area contributed by atoms with E-state index in [1.807, 2.05) is 0 Å². The third kappa shape index (κ3) is 2.45. The summed E-state index contributed by atoms with van der Waals surface area (Å²) in [6.45, 7) is 0. The van der Waals surface area contributed by atoms with E-state index in [-0.39, 0.29) is 17.1 Å². The number of rotatable bonds is 3. The van der Waals surface area contributed by atoms with Crippen molar-refractivity contribution in [1.82, 2.24) is 4.98 Å².